The van der Waals surface area contributed by atoms with Crippen LogP contribution in [0.4, 0.5) is 0 Å². The Balaban J connectivity index is 1.33. The van der Waals surface area contributed by atoms with Crippen LogP contribution >= 0.6 is 0 Å². The summed E-state index contributed by atoms with van der Waals surface area (Å²) in [5.41, 5.74) is 1.65. The van der Waals surface area contributed by atoms with Gasteiger partial charge >= 0.3 is 11.7 Å². The fourth-order valence-electron chi connectivity index (χ4n) is 4.45. The van der Waals surface area contributed by atoms with Crippen LogP contribution in [0.3, 0.4) is 0 Å². The normalized spacial score (nSPS) is 14.2. The zero-order chi connectivity index (χ0) is 24.6. The van der Waals surface area contributed by atoms with E-state index in [4.69, 9.17) is 14.2 Å². The number of nitrogens with zero attached hydrogens (tertiary/aromatic N) is 2. The van der Waals surface area contributed by atoms with E-state index in [1.165, 1.54) is 10.6 Å². The molecule has 6 rings (SSSR count). The van der Waals surface area contributed by atoms with Gasteiger partial charge in [-0.3, -0.25) is 13.9 Å². The Morgan fingerprint density at radius 3 is 2.50 bits per heavy atom. The van der Waals surface area contributed by atoms with E-state index in [9.17, 15) is 14.4 Å². The molecular weight excluding hydrogens is 460 g/mol. The van der Waals surface area contributed by atoms with Crippen molar-refractivity contribution in [3.63, 3.8) is 0 Å². The fraction of sp³-hybridized carbons (Fsp3) is 0.250. The summed E-state index contributed by atoms with van der Waals surface area (Å²) in [6.45, 7) is 0.937. The lowest BCUT2D eigenvalue weighted by atomic mass is 10.1. The minimum atomic E-state index is -0.552. The molecule has 1 saturated carbocycles. The quantitative estimate of drug-likeness (QED) is 0.372. The summed E-state index contributed by atoms with van der Waals surface area (Å²) in [6.07, 6.45) is 2.13. The number of ether oxygens (including phenoxy) is 3. The Kier molecular flexibility index (Phi) is 5.56. The van der Waals surface area contributed by atoms with Gasteiger partial charge in [-0.15, -0.1) is 0 Å². The summed E-state index contributed by atoms with van der Waals surface area (Å²) in [5.74, 6) is 1.15. The van der Waals surface area contributed by atoms with Crippen molar-refractivity contribution in [3.05, 3.63) is 104 Å². The number of carbonyl (C=O) groups is 1. The predicted octanol–water partition coefficient (Wildman–Crippen LogP) is 3.71. The molecule has 2 heterocycles. The van der Waals surface area contributed by atoms with Crippen molar-refractivity contribution in [2.75, 3.05) is 6.79 Å². The molecule has 4 aromatic rings. The minimum Gasteiger partial charge on any atom is -0.457 e. The number of hydrogen-bond donors (Lipinski definition) is 0. The largest absolute Gasteiger partial charge is 0.457 e. The molecule has 0 radical (unpaired) electrons. The number of aromatic nitrogens is 2. The van der Waals surface area contributed by atoms with E-state index in [0.717, 1.165) is 24.0 Å². The van der Waals surface area contributed by atoms with Gasteiger partial charge in [0.2, 0.25) is 6.79 Å². The second kappa shape index (κ2) is 9.03. The van der Waals surface area contributed by atoms with Crippen molar-refractivity contribution >= 4 is 16.9 Å². The summed E-state index contributed by atoms with van der Waals surface area (Å²) in [6, 6.07) is 19.6. The Morgan fingerprint density at radius 1 is 0.889 bits per heavy atom. The van der Waals surface area contributed by atoms with Gasteiger partial charge in [0.15, 0.2) is 11.5 Å². The van der Waals surface area contributed by atoms with Gasteiger partial charge in [-0.2, -0.15) is 0 Å². The van der Waals surface area contributed by atoms with Crippen LogP contribution < -0.4 is 20.7 Å². The molecule has 2 aliphatic rings. The van der Waals surface area contributed by atoms with Crippen LogP contribution in [0.1, 0.15) is 34.3 Å². The van der Waals surface area contributed by atoms with E-state index in [2.05, 4.69) is 0 Å². The topological polar surface area (TPSA) is 88.8 Å². The standard InChI is InChI=1S/C28H24N2O6/c31-26-22-13-21(27(32)34-16-20-8-11-24-25(12-20)36-17-35-24)9-10-23(22)29(14-19-6-7-19)28(33)30(26)15-18-4-2-1-3-5-18/h1-5,8-13,19H,6-7,14-17H2. The summed E-state index contributed by atoms with van der Waals surface area (Å²) in [4.78, 5) is 39.7. The molecule has 0 bridgehead atoms. The zero-order valence-electron chi connectivity index (χ0n) is 19.5. The molecule has 0 N–H and O–H groups in total. The Bertz CT molecular complexity index is 1580. The lowest BCUT2D eigenvalue weighted by molar-refractivity contribution is 0.0472. The smallest absolute Gasteiger partial charge is 0.338 e. The van der Waals surface area contributed by atoms with Crippen LogP contribution in [0.5, 0.6) is 11.5 Å². The van der Waals surface area contributed by atoms with E-state index in [1.54, 1.807) is 34.9 Å². The molecule has 1 aromatic heterocycles. The first-order valence-electron chi connectivity index (χ1n) is 11.9. The number of rotatable bonds is 7. The van der Waals surface area contributed by atoms with Gasteiger partial charge in [0, 0.05) is 6.54 Å². The maximum atomic E-state index is 13.4. The first-order chi connectivity index (χ1) is 17.6. The highest BCUT2D eigenvalue weighted by Gasteiger charge is 2.25. The molecule has 36 heavy (non-hydrogen) atoms. The maximum Gasteiger partial charge on any atom is 0.338 e. The number of benzene rings is 3. The van der Waals surface area contributed by atoms with E-state index in [-0.39, 0.29) is 31.2 Å². The van der Waals surface area contributed by atoms with Crippen LogP contribution in [0, 0.1) is 5.92 Å². The molecule has 3 aromatic carbocycles. The van der Waals surface area contributed by atoms with Crippen LogP contribution in [0.2, 0.25) is 0 Å². The molecule has 1 aliphatic carbocycles. The molecule has 8 heteroatoms. The molecule has 182 valence electrons. The van der Waals surface area contributed by atoms with Gasteiger partial charge in [-0.1, -0.05) is 36.4 Å². The number of carbonyl (C=O) groups excluding carboxylic acids is 1. The summed E-state index contributed by atoms with van der Waals surface area (Å²) in [5, 5.41) is 0.323. The highest BCUT2D eigenvalue weighted by Crippen LogP contribution is 2.33. The molecule has 0 unspecified atom stereocenters. The minimum absolute atomic E-state index is 0.0485. The van der Waals surface area contributed by atoms with Crippen LogP contribution in [-0.4, -0.2) is 21.9 Å². The molecule has 0 atom stereocenters. The van der Waals surface area contributed by atoms with Crippen molar-refractivity contribution in [2.24, 2.45) is 5.92 Å². The molecular formula is C28H24N2O6. The molecule has 1 aliphatic heterocycles. The summed E-state index contributed by atoms with van der Waals surface area (Å²) in [7, 11) is 0. The third-order valence-corrected chi connectivity index (χ3v) is 6.59. The fourth-order valence-corrected chi connectivity index (χ4v) is 4.45. The van der Waals surface area contributed by atoms with E-state index in [1.807, 2.05) is 30.3 Å². The van der Waals surface area contributed by atoms with Crippen LogP contribution in [-0.2, 0) is 24.4 Å². The third kappa shape index (κ3) is 4.26. The van der Waals surface area contributed by atoms with E-state index < -0.39 is 11.5 Å². The lowest BCUT2D eigenvalue weighted by Gasteiger charge is -2.15. The van der Waals surface area contributed by atoms with E-state index in [0.29, 0.717) is 34.9 Å². The van der Waals surface area contributed by atoms with Crippen molar-refractivity contribution in [1.29, 1.82) is 0 Å². The van der Waals surface area contributed by atoms with Crippen molar-refractivity contribution in [3.8, 4) is 11.5 Å². The van der Waals surface area contributed by atoms with E-state index >= 15 is 0 Å². The third-order valence-electron chi connectivity index (χ3n) is 6.59. The Labute approximate surface area is 206 Å². The molecule has 1 fully saturated rings. The average molecular weight is 485 g/mol. The van der Waals surface area contributed by atoms with Gasteiger partial charge in [0.1, 0.15) is 6.61 Å². The Hall–Kier alpha value is -4.33. The number of hydrogen-bond acceptors (Lipinski definition) is 6. The molecule has 0 saturated heterocycles. The summed E-state index contributed by atoms with van der Waals surface area (Å²) >= 11 is 0. The first-order valence-corrected chi connectivity index (χ1v) is 11.9. The average Bonchev–Trinajstić information content (AvgIpc) is 3.61. The number of fused-ring (bicyclic) bond motifs is 2. The second-order valence-electron chi connectivity index (χ2n) is 9.21. The van der Waals surface area contributed by atoms with Crippen molar-refractivity contribution in [2.45, 2.75) is 32.5 Å². The number of esters is 1. The predicted molar refractivity (Wildman–Crippen MR) is 132 cm³/mol. The first kappa shape index (κ1) is 22.2. The van der Waals surface area contributed by atoms with Gasteiger partial charge in [-0.25, -0.2) is 9.59 Å². The summed E-state index contributed by atoms with van der Waals surface area (Å²) < 4.78 is 19.1. The van der Waals surface area contributed by atoms with Crippen molar-refractivity contribution in [1.82, 2.24) is 9.13 Å². The lowest BCUT2D eigenvalue weighted by Crippen LogP contribution is -2.40. The van der Waals surface area contributed by atoms with Gasteiger partial charge in [-0.05, 0) is 60.2 Å². The van der Waals surface area contributed by atoms with Crippen LogP contribution in [0.15, 0.2) is 76.3 Å². The highest BCUT2D eigenvalue weighted by molar-refractivity contribution is 5.94. The monoisotopic (exact) mass is 484 g/mol. The maximum absolute atomic E-state index is 13.4. The highest BCUT2D eigenvalue weighted by atomic mass is 16.7. The molecule has 8 nitrogen and oxygen atoms in total. The second-order valence-corrected chi connectivity index (χ2v) is 9.21. The van der Waals surface area contributed by atoms with Crippen molar-refractivity contribution < 1.29 is 19.0 Å². The Morgan fingerprint density at radius 2 is 1.69 bits per heavy atom. The van der Waals surface area contributed by atoms with Gasteiger partial charge in [0.25, 0.3) is 5.56 Å². The van der Waals surface area contributed by atoms with Crippen LogP contribution in [0.25, 0.3) is 10.9 Å². The zero-order valence-corrected chi connectivity index (χ0v) is 19.5. The SMILES string of the molecule is O=C(OCc1ccc2c(c1)OCO2)c1ccc2c(c1)c(=O)n(Cc1ccccc1)c(=O)n2CC1CC1. The van der Waals surface area contributed by atoms with Gasteiger partial charge in [0.05, 0.1) is 23.0 Å². The van der Waals surface area contributed by atoms with Gasteiger partial charge < -0.3 is 14.2 Å². The molecule has 0 spiro atoms. The molecule has 0 amide bonds.